The minimum atomic E-state index is -4.92. The van der Waals surface area contributed by atoms with Crippen LogP contribution in [-0.4, -0.2) is 38.2 Å². The fourth-order valence-corrected chi connectivity index (χ4v) is 1.46. The Balaban J connectivity index is 3.34. The van der Waals surface area contributed by atoms with E-state index in [1.165, 1.54) is 20.8 Å². The average Bonchev–Trinajstić information content (AvgIpc) is 2.35. The van der Waals surface area contributed by atoms with Crippen LogP contribution in [0.1, 0.15) is 32.0 Å². The number of hydrogen-bond acceptors (Lipinski definition) is 6. The van der Waals surface area contributed by atoms with Crippen LogP contribution >= 0.6 is 0 Å². The van der Waals surface area contributed by atoms with Gasteiger partial charge in [-0.15, -0.1) is 5.10 Å². The zero-order valence-corrected chi connectivity index (χ0v) is 12.4. The van der Waals surface area contributed by atoms with Crippen LogP contribution in [0.5, 0.6) is 0 Å². The molecular weight excluding hydrogens is 323 g/mol. The minimum absolute atomic E-state index is 0.103. The van der Waals surface area contributed by atoms with Crippen molar-refractivity contribution in [3.8, 4) is 0 Å². The number of alkyl halides is 3. The number of aliphatic hydroxyl groups is 1. The Labute approximate surface area is 128 Å². The number of ether oxygens (including phenoxy) is 1. The fourth-order valence-electron chi connectivity index (χ4n) is 1.46. The molecule has 23 heavy (non-hydrogen) atoms. The predicted molar refractivity (Wildman–Crippen MR) is 69.7 cm³/mol. The van der Waals surface area contributed by atoms with E-state index in [0.717, 1.165) is 0 Å². The molecule has 0 aliphatic heterocycles. The second-order valence-electron chi connectivity index (χ2n) is 5.32. The molecule has 0 aliphatic carbocycles. The number of carbonyl (C=O) groups excluding carboxylic acids is 1. The van der Waals surface area contributed by atoms with E-state index in [0.29, 0.717) is 6.07 Å². The molecule has 128 valence electrons. The van der Waals surface area contributed by atoms with E-state index in [2.05, 4.69) is 10.2 Å². The van der Waals surface area contributed by atoms with Gasteiger partial charge in [0.15, 0.2) is 5.82 Å². The summed E-state index contributed by atoms with van der Waals surface area (Å²) in [6.07, 6.45) is -8.23. The Kier molecular flexibility index (Phi) is 5.15. The van der Waals surface area contributed by atoms with E-state index in [4.69, 9.17) is 14.9 Å². The molecule has 0 fully saturated rings. The number of halogens is 3. The topological polar surface area (TPSA) is 113 Å². The fraction of sp³-hybridized carbons (Fsp3) is 0.500. The number of rotatable bonds is 2. The van der Waals surface area contributed by atoms with Crippen LogP contribution in [0.15, 0.2) is 6.07 Å². The van der Waals surface area contributed by atoms with Crippen molar-refractivity contribution in [3.05, 3.63) is 17.3 Å². The molecule has 0 aromatic carbocycles. The van der Waals surface area contributed by atoms with E-state index in [-0.39, 0.29) is 4.90 Å². The lowest BCUT2D eigenvalue weighted by atomic mass is 10.2. The van der Waals surface area contributed by atoms with Crippen molar-refractivity contribution >= 4 is 18.0 Å². The monoisotopic (exact) mass is 337 g/mol. The van der Waals surface area contributed by atoms with E-state index in [1.807, 2.05) is 0 Å². The van der Waals surface area contributed by atoms with Gasteiger partial charge < -0.3 is 14.9 Å². The number of imide groups is 1. The molecule has 1 aromatic heterocycles. The zero-order chi connectivity index (χ0) is 18.0. The third-order valence-corrected chi connectivity index (χ3v) is 2.31. The lowest BCUT2D eigenvalue weighted by molar-refractivity contribution is -0.139. The molecule has 0 radical (unpaired) electrons. The quantitative estimate of drug-likeness (QED) is 0.852. The first-order chi connectivity index (χ1) is 10.4. The molecule has 2 N–H and O–H groups in total. The van der Waals surface area contributed by atoms with Gasteiger partial charge in [-0.3, -0.25) is 0 Å². The Morgan fingerprint density at radius 3 is 2.22 bits per heavy atom. The summed E-state index contributed by atoms with van der Waals surface area (Å²) in [6, 6.07) is 0.302. The van der Waals surface area contributed by atoms with Crippen molar-refractivity contribution in [2.75, 3.05) is 4.90 Å². The van der Waals surface area contributed by atoms with E-state index < -0.39 is 47.6 Å². The van der Waals surface area contributed by atoms with E-state index in [9.17, 15) is 22.8 Å². The number of carbonyl (C=O) groups is 2. The largest absolute Gasteiger partial charge is 0.464 e. The van der Waals surface area contributed by atoms with Crippen LogP contribution in [-0.2, 0) is 17.5 Å². The van der Waals surface area contributed by atoms with Crippen molar-refractivity contribution in [1.82, 2.24) is 10.2 Å². The zero-order valence-electron chi connectivity index (χ0n) is 12.4. The van der Waals surface area contributed by atoms with Crippen LogP contribution in [0, 0.1) is 0 Å². The van der Waals surface area contributed by atoms with Crippen LogP contribution in [0.4, 0.5) is 28.6 Å². The van der Waals surface area contributed by atoms with Gasteiger partial charge >= 0.3 is 18.4 Å². The van der Waals surface area contributed by atoms with Gasteiger partial charge in [-0.2, -0.15) is 23.2 Å². The highest BCUT2D eigenvalue weighted by atomic mass is 19.4. The summed E-state index contributed by atoms with van der Waals surface area (Å²) in [5, 5.41) is 24.2. The summed E-state index contributed by atoms with van der Waals surface area (Å²) in [4.78, 5) is 22.9. The van der Waals surface area contributed by atoms with Crippen molar-refractivity contribution in [3.63, 3.8) is 0 Å². The van der Waals surface area contributed by atoms with E-state index in [1.54, 1.807) is 0 Å². The molecule has 1 aromatic rings. The molecule has 2 amide bonds. The molecule has 0 aliphatic rings. The Hall–Kier alpha value is -2.43. The number of aromatic nitrogens is 2. The lowest BCUT2D eigenvalue weighted by Gasteiger charge is -2.24. The molecule has 1 rings (SSSR count). The number of hydrogen-bond donors (Lipinski definition) is 2. The number of anilines is 1. The number of aliphatic hydroxyl groups excluding tert-OH is 1. The van der Waals surface area contributed by atoms with Crippen LogP contribution in [0.2, 0.25) is 0 Å². The average molecular weight is 337 g/mol. The molecule has 0 unspecified atom stereocenters. The normalized spacial score (nSPS) is 12.0. The van der Waals surface area contributed by atoms with Crippen molar-refractivity contribution in [1.29, 1.82) is 0 Å². The predicted octanol–water partition coefficient (Wildman–Crippen LogP) is 2.41. The summed E-state index contributed by atoms with van der Waals surface area (Å²) in [5.74, 6) is -0.892. The molecule has 11 heteroatoms. The number of amides is 2. The standard InChI is InChI=1S/C12H14F3N3O5/c1-11(2,3)23-10(22)18(9(20)21)8-4-6(12(13,14)15)7(5-19)16-17-8/h4,19H,5H2,1-3H3,(H,20,21). The second-order valence-corrected chi connectivity index (χ2v) is 5.32. The molecular formula is C12H14F3N3O5. The van der Waals surface area contributed by atoms with Crippen molar-refractivity contribution in [2.45, 2.75) is 39.2 Å². The third kappa shape index (κ3) is 4.77. The maximum atomic E-state index is 12.9. The first-order valence-corrected chi connectivity index (χ1v) is 6.17. The third-order valence-electron chi connectivity index (χ3n) is 2.31. The summed E-state index contributed by atoms with van der Waals surface area (Å²) in [5.41, 5.74) is -3.27. The molecule has 0 atom stereocenters. The van der Waals surface area contributed by atoms with Crippen LogP contribution in [0.3, 0.4) is 0 Å². The minimum Gasteiger partial charge on any atom is -0.464 e. The Morgan fingerprint density at radius 1 is 1.26 bits per heavy atom. The molecule has 0 saturated carbocycles. The molecule has 0 bridgehead atoms. The van der Waals surface area contributed by atoms with Crippen molar-refractivity contribution in [2.24, 2.45) is 0 Å². The summed E-state index contributed by atoms with van der Waals surface area (Å²) >= 11 is 0. The van der Waals surface area contributed by atoms with Gasteiger partial charge in [0.2, 0.25) is 0 Å². The van der Waals surface area contributed by atoms with Gasteiger partial charge in [0.1, 0.15) is 11.3 Å². The van der Waals surface area contributed by atoms with Gasteiger partial charge in [-0.1, -0.05) is 0 Å². The van der Waals surface area contributed by atoms with Gasteiger partial charge in [-0.05, 0) is 26.8 Å². The van der Waals surface area contributed by atoms with Crippen LogP contribution in [0.25, 0.3) is 0 Å². The Morgan fingerprint density at radius 2 is 1.83 bits per heavy atom. The highest BCUT2D eigenvalue weighted by Gasteiger charge is 2.37. The first kappa shape index (κ1) is 18.6. The van der Waals surface area contributed by atoms with Crippen molar-refractivity contribution < 1.29 is 37.7 Å². The van der Waals surface area contributed by atoms with E-state index >= 15 is 0 Å². The highest BCUT2D eigenvalue weighted by Crippen LogP contribution is 2.33. The van der Waals surface area contributed by atoms with Gasteiger partial charge in [0.05, 0.1) is 12.2 Å². The van der Waals surface area contributed by atoms with Gasteiger partial charge in [0.25, 0.3) is 0 Å². The smallest absolute Gasteiger partial charge is 0.425 e. The lowest BCUT2D eigenvalue weighted by Crippen LogP contribution is -2.41. The Bertz CT molecular complexity index is 613. The first-order valence-electron chi connectivity index (χ1n) is 6.17. The van der Waals surface area contributed by atoms with Crippen LogP contribution < -0.4 is 4.90 Å². The molecule has 0 saturated heterocycles. The summed E-state index contributed by atoms with van der Waals surface area (Å²) in [7, 11) is 0. The second kappa shape index (κ2) is 6.36. The molecule has 8 nitrogen and oxygen atoms in total. The number of nitrogens with zero attached hydrogens (tertiary/aromatic N) is 3. The SMILES string of the molecule is CC(C)(C)OC(=O)N(C(=O)O)c1cc(C(F)(F)F)c(CO)nn1. The van der Waals surface area contributed by atoms with Gasteiger partial charge in [-0.25, -0.2) is 9.59 Å². The molecule has 1 heterocycles. The number of carboxylic acid groups (broad SMARTS) is 1. The summed E-state index contributed by atoms with van der Waals surface area (Å²) < 4.78 is 43.5. The maximum Gasteiger partial charge on any atom is 0.425 e. The maximum absolute atomic E-state index is 12.9. The van der Waals surface area contributed by atoms with Gasteiger partial charge in [0, 0.05) is 0 Å². The summed E-state index contributed by atoms with van der Waals surface area (Å²) in [6.45, 7) is 3.30. The highest BCUT2D eigenvalue weighted by molar-refractivity contribution is 6.07. The molecule has 0 spiro atoms.